The number of carbonyl (C=O) groups is 2. The molecule has 1 N–H and O–H groups in total. The first-order valence-electron chi connectivity index (χ1n) is 11.2. The van der Waals surface area contributed by atoms with Crippen LogP contribution in [0.4, 0.5) is 0 Å². The van der Waals surface area contributed by atoms with Gasteiger partial charge in [0.15, 0.2) is 0 Å². The van der Waals surface area contributed by atoms with Crippen LogP contribution in [0.25, 0.3) is 5.76 Å². The molecule has 4 rings (SSSR count). The molecule has 7 heteroatoms. The third-order valence-electron chi connectivity index (χ3n) is 5.64. The lowest BCUT2D eigenvalue weighted by atomic mass is 9.95. The third-order valence-corrected chi connectivity index (χ3v) is 5.64. The maximum Gasteiger partial charge on any atom is 0.295 e. The van der Waals surface area contributed by atoms with Crippen molar-refractivity contribution in [3.63, 3.8) is 0 Å². The second kappa shape index (κ2) is 9.87. The SMILES string of the molecule is Cc1cc(/C(O)=C2/C(=O)C(=O)N(Cc3cccnc3)C2c2cccnc2)ccc1OCC(C)C. The van der Waals surface area contributed by atoms with Gasteiger partial charge in [0.2, 0.25) is 0 Å². The maximum absolute atomic E-state index is 13.2. The number of carbonyl (C=O) groups excluding carboxylic acids is 2. The molecular weight excluding hydrogens is 430 g/mol. The van der Waals surface area contributed by atoms with Crippen LogP contribution >= 0.6 is 0 Å². The summed E-state index contributed by atoms with van der Waals surface area (Å²) in [5, 5.41) is 11.3. The number of aromatic nitrogens is 2. The first-order valence-corrected chi connectivity index (χ1v) is 11.2. The van der Waals surface area contributed by atoms with Crippen molar-refractivity contribution in [1.82, 2.24) is 14.9 Å². The van der Waals surface area contributed by atoms with E-state index in [0.717, 1.165) is 11.1 Å². The van der Waals surface area contributed by atoms with E-state index in [1.165, 1.54) is 4.90 Å². The average molecular weight is 458 g/mol. The molecule has 1 amide bonds. The quantitative estimate of drug-likeness (QED) is 0.320. The van der Waals surface area contributed by atoms with Crippen LogP contribution in [0.15, 0.2) is 72.8 Å². The summed E-state index contributed by atoms with van der Waals surface area (Å²) < 4.78 is 5.83. The van der Waals surface area contributed by atoms with Crippen LogP contribution in [-0.2, 0) is 16.1 Å². The Balaban J connectivity index is 1.77. The fraction of sp³-hybridized carbons (Fsp3) is 0.259. The van der Waals surface area contributed by atoms with Gasteiger partial charge in [-0.25, -0.2) is 0 Å². The summed E-state index contributed by atoms with van der Waals surface area (Å²) in [5.74, 6) is -0.533. The molecule has 1 unspecified atom stereocenters. The van der Waals surface area contributed by atoms with E-state index in [9.17, 15) is 14.7 Å². The van der Waals surface area contributed by atoms with Gasteiger partial charge in [-0.3, -0.25) is 19.6 Å². The Morgan fingerprint density at radius 1 is 1.09 bits per heavy atom. The molecule has 7 nitrogen and oxygen atoms in total. The summed E-state index contributed by atoms with van der Waals surface area (Å²) in [4.78, 5) is 36.0. The Kier molecular flexibility index (Phi) is 6.72. The van der Waals surface area contributed by atoms with E-state index in [4.69, 9.17) is 4.74 Å². The molecular formula is C27H27N3O4. The lowest BCUT2D eigenvalue weighted by Crippen LogP contribution is -2.29. The Labute approximate surface area is 198 Å². The summed E-state index contributed by atoms with van der Waals surface area (Å²) in [6, 6.07) is 11.6. The number of aliphatic hydroxyl groups is 1. The van der Waals surface area contributed by atoms with E-state index in [1.54, 1.807) is 61.2 Å². The van der Waals surface area contributed by atoms with Gasteiger partial charge in [-0.15, -0.1) is 0 Å². The Bertz CT molecular complexity index is 1220. The highest BCUT2D eigenvalue weighted by atomic mass is 16.5. The van der Waals surface area contributed by atoms with Crippen molar-refractivity contribution >= 4 is 17.4 Å². The topological polar surface area (TPSA) is 92.6 Å². The maximum atomic E-state index is 13.2. The first-order chi connectivity index (χ1) is 16.4. The van der Waals surface area contributed by atoms with Gasteiger partial charge >= 0.3 is 0 Å². The van der Waals surface area contributed by atoms with E-state index in [2.05, 4.69) is 23.8 Å². The van der Waals surface area contributed by atoms with E-state index in [-0.39, 0.29) is 17.9 Å². The van der Waals surface area contributed by atoms with Crippen LogP contribution in [0, 0.1) is 12.8 Å². The minimum Gasteiger partial charge on any atom is -0.507 e. The van der Waals surface area contributed by atoms with Gasteiger partial charge in [-0.1, -0.05) is 26.0 Å². The Hall–Kier alpha value is -4.00. The molecule has 0 aliphatic carbocycles. The van der Waals surface area contributed by atoms with Crippen LogP contribution in [0.1, 0.15) is 42.1 Å². The van der Waals surface area contributed by atoms with Gasteiger partial charge in [0.05, 0.1) is 18.2 Å². The second-order valence-electron chi connectivity index (χ2n) is 8.76. The highest BCUT2D eigenvalue weighted by Crippen LogP contribution is 2.40. The van der Waals surface area contributed by atoms with Gasteiger partial charge in [-0.05, 0) is 59.9 Å². The third kappa shape index (κ3) is 4.69. The standard InChI is InChI=1S/C27H27N3O4/c1-17(2)16-34-22-9-8-20(12-18(22)3)25(31)23-24(21-7-5-11-29-14-21)30(27(33)26(23)32)15-19-6-4-10-28-13-19/h4-14,17,24,31H,15-16H2,1-3H3/b25-23-. The van der Waals surface area contributed by atoms with Crippen LogP contribution in [0.5, 0.6) is 5.75 Å². The lowest BCUT2D eigenvalue weighted by Gasteiger charge is -2.25. The van der Waals surface area contributed by atoms with Crippen LogP contribution in [-0.4, -0.2) is 38.3 Å². The van der Waals surface area contributed by atoms with Crippen molar-refractivity contribution in [2.45, 2.75) is 33.4 Å². The monoisotopic (exact) mass is 457 g/mol. The van der Waals surface area contributed by atoms with Gasteiger partial charge < -0.3 is 14.7 Å². The number of benzene rings is 1. The van der Waals surface area contributed by atoms with Crippen molar-refractivity contribution in [2.75, 3.05) is 6.61 Å². The molecule has 1 aliphatic heterocycles. The minimum absolute atomic E-state index is 0.0390. The largest absolute Gasteiger partial charge is 0.507 e. The molecule has 0 radical (unpaired) electrons. The lowest BCUT2D eigenvalue weighted by molar-refractivity contribution is -0.140. The zero-order valence-corrected chi connectivity index (χ0v) is 19.4. The molecule has 1 atom stereocenters. The molecule has 0 bridgehead atoms. The van der Waals surface area contributed by atoms with Crippen molar-refractivity contribution in [2.24, 2.45) is 5.92 Å². The number of aryl methyl sites for hydroxylation is 1. The number of aliphatic hydroxyl groups excluding tert-OH is 1. The number of ether oxygens (including phenoxy) is 1. The molecule has 1 fully saturated rings. The predicted octanol–water partition coefficient (Wildman–Crippen LogP) is 4.44. The normalized spacial score (nSPS) is 17.4. The molecule has 2 aromatic heterocycles. The molecule has 1 aromatic carbocycles. The van der Waals surface area contributed by atoms with E-state index >= 15 is 0 Å². The highest BCUT2D eigenvalue weighted by molar-refractivity contribution is 6.46. The molecule has 0 saturated carbocycles. The number of pyridine rings is 2. The minimum atomic E-state index is -0.772. The zero-order valence-electron chi connectivity index (χ0n) is 19.4. The Morgan fingerprint density at radius 2 is 1.82 bits per heavy atom. The second-order valence-corrected chi connectivity index (χ2v) is 8.76. The van der Waals surface area contributed by atoms with Crippen molar-refractivity contribution in [3.8, 4) is 5.75 Å². The molecule has 174 valence electrons. The number of ketones is 1. The average Bonchev–Trinajstić information content (AvgIpc) is 3.09. The predicted molar refractivity (Wildman–Crippen MR) is 128 cm³/mol. The molecule has 34 heavy (non-hydrogen) atoms. The number of amides is 1. The number of hydrogen-bond acceptors (Lipinski definition) is 6. The number of rotatable bonds is 7. The molecule has 1 saturated heterocycles. The van der Waals surface area contributed by atoms with Crippen molar-refractivity contribution in [3.05, 3.63) is 95.1 Å². The smallest absolute Gasteiger partial charge is 0.295 e. The summed E-state index contributed by atoms with van der Waals surface area (Å²) >= 11 is 0. The van der Waals surface area contributed by atoms with E-state index in [0.29, 0.717) is 29.4 Å². The van der Waals surface area contributed by atoms with Crippen LogP contribution < -0.4 is 4.74 Å². The van der Waals surface area contributed by atoms with E-state index < -0.39 is 17.7 Å². The summed E-state index contributed by atoms with van der Waals surface area (Å²) in [5.41, 5.74) is 2.73. The highest BCUT2D eigenvalue weighted by Gasteiger charge is 2.46. The number of hydrogen-bond donors (Lipinski definition) is 1. The van der Waals surface area contributed by atoms with Gasteiger partial charge in [-0.2, -0.15) is 0 Å². The number of Topliss-reactive ketones (excluding diaryl/α,β-unsaturated/α-hetero) is 1. The summed E-state index contributed by atoms with van der Waals surface area (Å²) in [6.07, 6.45) is 6.52. The van der Waals surface area contributed by atoms with Crippen molar-refractivity contribution < 1.29 is 19.4 Å². The zero-order chi connectivity index (χ0) is 24.2. The van der Waals surface area contributed by atoms with Gasteiger partial charge in [0.25, 0.3) is 11.7 Å². The first kappa shape index (κ1) is 23.2. The number of nitrogens with zero attached hydrogens (tertiary/aromatic N) is 3. The van der Waals surface area contributed by atoms with Crippen molar-refractivity contribution in [1.29, 1.82) is 0 Å². The molecule has 0 spiro atoms. The van der Waals surface area contributed by atoms with Crippen LogP contribution in [0.2, 0.25) is 0 Å². The van der Waals surface area contributed by atoms with Gasteiger partial charge in [0.1, 0.15) is 11.5 Å². The molecule has 3 aromatic rings. The van der Waals surface area contributed by atoms with Crippen LogP contribution in [0.3, 0.4) is 0 Å². The molecule has 1 aliphatic rings. The fourth-order valence-electron chi connectivity index (χ4n) is 3.99. The summed E-state index contributed by atoms with van der Waals surface area (Å²) in [6.45, 7) is 6.77. The van der Waals surface area contributed by atoms with E-state index in [1.807, 2.05) is 13.0 Å². The fourth-order valence-corrected chi connectivity index (χ4v) is 3.99. The Morgan fingerprint density at radius 3 is 2.44 bits per heavy atom. The van der Waals surface area contributed by atoms with Gasteiger partial charge in [0, 0.05) is 36.9 Å². The summed E-state index contributed by atoms with van der Waals surface area (Å²) in [7, 11) is 0. The number of likely N-dealkylation sites (tertiary alicyclic amines) is 1. The molecule has 3 heterocycles.